The number of carbonyl (C=O) groups excluding carboxylic acids is 1. The van der Waals surface area contributed by atoms with Gasteiger partial charge in [0.25, 0.3) is 0 Å². The van der Waals surface area contributed by atoms with Crippen molar-refractivity contribution in [3.63, 3.8) is 0 Å². The number of carboxylic acid groups (broad SMARTS) is 1. The largest absolute Gasteiger partial charge is 0.480 e. The van der Waals surface area contributed by atoms with Crippen LogP contribution in [0.5, 0.6) is 0 Å². The molecule has 0 aliphatic heterocycles. The van der Waals surface area contributed by atoms with Crippen LogP contribution in [-0.4, -0.2) is 80.0 Å². The second kappa shape index (κ2) is 11.5. The zero-order chi connectivity index (χ0) is 17.2. The Kier molecular flexibility index (Phi) is 12.2. The highest BCUT2D eigenvalue weighted by Crippen LogP contribution is 2.04. The summed E-state index contributed by atoms with van der Waals surface area (Å²) < 4.78 is 0. The lowest BCUT2D eigenvalue weighted by molar-refractivity contribution is -0.139. The smallest absolute Gasteiger partial charge is 0.320 e. The maximum atomic E-state index is 10.2. The molecule has 126 valence electrons. The number of carbonyl (C=O) groups is 2. The number of hydrogen-bond acceptors (Lipinski definition) is 8. The van der Waals surface area contributed by atoms with E-state index in [-0.39, 0.29) is 12.2 Å². The minimum absolute atomic E-state index is 0.0258. The van der Waals surface area contributed by atoms with Gasteiger partial charge in [0.05, 0.1) is 6.61 Å². The van der Waals surface area contributed by atoms with E-state index in [2.05, 4.69) is 0 Å². The summed E-state index contributed by atoms with van der Waals surface area (Å²) in [5, 5.41) is 51.9. The Morgan fingerprint density at radius 3 is 1.90 bits per heavy atom. The van der Waals surface area contributed by atoms with Crippen LogP contribution in [0.25, 0.3) is 0 Å². The van der Waals surface area contributed by atoms with Gasteiger partial charge in [-0.05, 0) is 5.92 Å². The molecule has 0 aromatic heterocycles. The van der Waals surface area contributed by atoms with Crippen LogP contribution in [0.15, 0.2) is 0 Å². The van der Waals surface area contributed by atoms with Crippen molar-refractivity contribution in [3.8, 4) is 0 Å². The Balaban J connectivity index is 0. The third kappa shape index (κ3) is 8.71. The molecule has 6 atom stereocenters. The molecule has 0 heterocycles. The van der Waals surface area contributed by atoms with Crippen LogP contribution < -0.4 is 5.73 Å². The molecule has 0 aliphatic carbocycles. The lowest BCUT2D eigenvalue weighted by Gasteiger charge is -2.22. The Bertz CT molecular complexity index is 301. The maximum Gasteiger partial charge on any atom is 0.320 e. The van der Waals surface area contributed by atoms with Crippen molar-refractivity contribution < 1.29 is 40.2 Å². The van der Waals surface area contributed by atoms with Crippen LogP contribution in [0, 0.1) is 5.92 Å². The second-order valence-corrected chi connectivity index (χ2v) is 4.61. The van der Waals surface area contributed by atoms with Gasteiger partial charge in [0.1, 0.15) is 30.5 Å². The molecule has 8 N–H and O–H groups in total. The molecule has 21 heavy (non-hydrogen) atoms. The number of hydrogen-bond donors (Lipinski definition) is 7. The van der Waals surface area contributed by atoms with Gasteiger partial charge in [-0.1, -0.05) is 20.3 Å². The predicted octanol–water partition coefficient (Wildman–Crippen LogP) is -2.93. The Hall–Kier alpha value is -1.10. The molecule has 0 aliphatic rings. The number of carboxylic acids is 1. The van der Waals surface area contributed by atoms with E-state index >= 15 is 0 Å². The number of nitrogens with two attached hydrogens (primary N) is 1. The molecule has 0 amide bonds. The number of aliphatic hydroxyl groups is 5. The first-order valence-electron chi connectivity index (χ1n) is 6.40. The molecule has 0 rings (SSSR count). The standard InChI is InChI=1S/C6H13NO2.C6H12O6/c1-3-4(2)5(7)6(8)9;7-1-3(9)5(11)6(12)4(10)2-8/h4-5H,3,7H2,1-2H3,(H,8,9);1,3-6,8-12H,2H2/t4-,5-;3-,4+,5+,6-/m00/s1. The van der Waals surface area contributed by atoms with E-state index in [1.807, 2.05) is 13.8 Å². The fourth-order valence-electron chi connectivity index (χ4n) is 1.12. The summed E-state index contributed by atoms with van der Waals surface area (Å²) in [5.41, 5.74) is 5.27. The van der Waals surface area contributed by atoms with Crippen molar-refractivity contribution in [3.05, 3.63) is 0 Å². The zero-order valence-corrected chi connectivity index (χ0v) is 12.0. The predicted molar refractivity (Wildman–Crippen MR) is 72.2 cm³/mol. The molecule has 0 aromatic carbocycles. The van der Waals surface area contributed by atoms with Crippen molar-refractivity contribution in [1.29, 1.82) is 0 Å². The van der Waals surface area contributed by atoms with Gasteiger partial charge >= 0.3 is 5.97 Å². The minimum Gasteiger partial charge on any atom is -0.480 e. The average molecular weight is 311 g/mol. The number of aliphatic hydroxyl groups excluding tert-OH is 5. The number of aliphatic carboxylic acids is 1. The van der Waals surface area contributed by atoms with Crippen LogP contribution in [0.1, 0.15) is 20.3 Å². The summed E-state index contributed by atoms with van der Waals surface area (Å²) in [6.07, 6.45) is -6.03. The SMILES string of the molecule is CC[C@H](C)[C@H](N)C(=O)O.O=C[C@H](O)[C@@H](O)[C@@H](O)[C@H](O)CO. The monoisotopic (exact) mass is 311 g/mol. The van der Waals surface area contributed by atoms with E-state index in [0.29, 0.717) is 0 Å². The van der Waals surface area contributed by atoms with Crippen LogP contribution in [-0.2, 0) is 9.59 Å². The topological polar surface area (TPSA) is 182 Å². The van der Waals surface area contributed by atoms with E-state index in [1.54, 1.807) is 0 Å². The molecule has 0 saturated heterocycles. The molecule has 0 radical (unpaired) electrons. The lowest BCUT2D eigenvalue weighted by Crippen LogP contribution is -2.46. The Morgan fingerprint density at radius 2 is 1.67 bits per heavy atom. The zero-order valence-electron chi connectivity index (χ0n) is 12.0. The van der Waals surface area contributed by atoms with Gasteiger partial charge in [-0.3, -0.25) is 4.79 Å². The average Bonchev–Trinajstić information content (AvgIpc) is 2.50. The molecule has 0 saturated carbocycles. The first kappa shape index (κ1) is 22.2. The molecular weight excluding hydrogens is 286 g/mol. The first-order valence-corrected chi connectivity index (χ1v) is 6.40. The van der Waals surface area contributed by atoms with Gasteiger partial charge in [0.2, 0.25) is 0 Å². The highest BCUT2D eigenvalue weighted by molar-refractivity contribution is 5.73. The van der Waals surface area contributed by atoms with Gasteiger partial charge in [-0.25, -0.2) is 0 Å². The second-order valence-electron chi connectivity index (χ2n) is 4.61. The normalized spacial score (nSPS) is 19.2. The van der Waals surface area contributed by atoms with Gasteiger partial charge in [0, 0.05) is 0 Å². The van der Waals surface area contributed by atoms with Crippen molar-refractivity contribution in [2.45, 2.75) is 50.7 Å². The summed E-state index contributed by atoms with van der Waals surface area (Å²) >= 11 is 0. The van der Waals surface area contributed by atoms with Gasteiger partial charge in [-0.2, -0.15) is 0 Å². The molecule has 0 fully saturated rings. The molecule has 0 bridgehead atoms. The summed E-state index contributed by atoms with van der Waals surface area (Å²) in [6, 6.07) is -0.699. The Morgan fingerprint density at radius 1 is 1.19 bits per heavy atom. The molecule has 9 nitrogen and oxygen atoms in total. The third-order valence-corrected chi connectivity index (χ3v) is 2.96. The third-order valence-electron chi connectivity index (χ3n) is 2.96. The van der Waals surface area contributed by atoms with Crippen molar-refractivity contribution >= 4 is 12.3 Å². The first-order chi connectivity index (χ1) is 9.63. The van der Waals surface area contributed by atoms with E-state index in [9.17, 15) is 9.59 Å². The van der Waals surface area contributed by atoms with E-state index < -0.39 is 43.0 Å². The van der Waals surface area contributed by atoms with E-state index in [1.165, 1.54) is 0 Å². The van der Waals surface area contributed by atoms with E-state index in [0.717, 1.165) is 6.42 Å². The highest BCUT2D eigenvalue weighted by Gasteiger charge is 2.29. The highest BCUT2D eigenvalue weighted by atomic mass is 16.4. The molecule has 0 aromatic rings. The fraction of sp³-hybridized carbons (Fsp3) is 0.833. The Labute approximate surface area is 122 Å². The van der Waals surface area contributed by atoms with Gasteiger partial charge in [0.15, 0.2) is 6.29 Å². The van der Waals surface area contributed by atoms with E-state index in [4.69, 9.17) is 36.4 Å². The van der Waals surface area contributed by atoms with Crippen LogP contribution in [0.4, 0.5) is 0 Å². The molecule has 0 spiro atoms. The van der Waals surface area contributed by atoms with Crippen molar-refractivity contribution in [2.75, 3.05) is 6.61 Å². The quantitative estimate of drug-likeness (QED) is 0.231. The number of rotatable bonds is 8. The van der Waals surface area contributed by atoms with Gasteiger partial charge < -0.3 is 41.2 Å². The van der Waals surface area contributed by atoms with Crippen LogP contribution in [0.3, 0.4) is 0 Å². The van der Waals surface area contributed by atoms with Gasteiger partial charge in [-0.15, -0.1) is 0 Å². The molecule has 0 unspecified atom stereocenters. The minimum atomic E-state index is -1.79. The fourth-order valence-corrected chi connectivity index (χ4v) is 1.12. The summed E-state index contributed by atoms with van der Waals surface area (Å²) in [4.78, 5) is 20.1. The molecule has 9 heteroatoms. The number of aldehydes is 1. The summed E-state index contributed by atoms with van der Waals surface area (Å²) in [5.74, 6) is -0.841. The summed E-state index contributed by atoms with van der Waals surface area (Å²) in [7, 11) is 0. The molecular formula is C12H25NO8. The summed E-state index contributed by atoms with van der Waals surface area (Å²) in [6.45, 7) is 3.00. The lowest BCUT2D eigenvalue weighted by atomic mass is 10.0. The van der Waals surface area contributed by atoms with Crippen LogP contribution in [0.2, 0.25) is 0 Å². The van der Waals surface area contributed by atoms with Crippen molar-refractivity contribution in [1.82, 2.24) is 0 Å². The van der Waals surface area contributed by atoms with Crippen molar-refractivity contribution in [2.24, 2.45) is 11.7 Å². The van der Waals surface area contributed by atoms with Crippen LogP contribution >= 0.6 is 0 Å². The maximum absolute atomic E-state index is 10.2.